The van der Waals surface area contributed by atoms with Crippen molar-refractivity contribution >= 4 is 11.8 Å². The minimum Gasteiger partial charge on any atom is -0.396 e. The van der Waals surface area contributed by atoms with Crippen LogP contribution in [0.3, 0.4) is 0 Å². The number of nitrogens with zero attached hydrogens (tertiary/aromatic N) is 4. The largest absolute Gasteiger partial charge is 0.396 e. The molecule has 2 heterocycles. The highest BCUT2D eigenvalue weighted by molar-refractivity contribution is 5.55. The Morgan fingerprint density at radius 1 is 1.57 bits per heavy atom. The molecule has 1 aliphatic rings. The van der Waals surface area contributed by atoms with Crippen LogP contribution in [0.25, 0.3) is 0 Å². The highest BCUT2D eigenvalue weighted by Crippen LogP contribution is 2.40. The first-order valence-corrected chi connectivity index (χ1v) is 6.66. The second-order valence-corrected chi connectivity index (χ2v) is 5.27. The van der Waals surface area contributed by atoms with Crippen molar-refractivity contribution < 1.29 is 13.9 Å². The van der Waals surface area contributed by atoms with E-state index >= 15 is 0 Å². The number of hydrogen-bond donors (Lipinski definition) is 2. The topological polar surface area (TPSA) is 99.1 Å². The molecule has 0 amide bonds. The van der Waals surface area contributed by atoms with Gasteiger partial charge >= 0.3 is 0 Å². The van der Waals surface area contributed by atoms with E-state index < -0.39 is 17.8 Å². The molecular weight excluding hydrogens is 280 g/mol. The first-order chi connectivity index (χ1) is 9.90. The van der Waals surface area contributed by atoms with Crippen molar-refractivity contribution in [2.24, 2.45) is 11.8 Å². The van der Waals surface area contributed by atoms with Crippen LogP contribution in [0.2, 0.25) is 0 Å². The first-order valence-electron chi connectivity index (χ1n) is 6.66. The fourth-order valence-electron chi connectivity index (χ4n) is 2.64. The molecule has 0 aromatic carbocycles. The molecule has 21 heavy (non-hydrogen) atoms. The summed E-state index contributed by atoms with van der Waals surface area (Å²) in [6.07, 6.45) is 1.28. The number of hydrogen-bond acceptors (Lipinski definition) is 6. The smallest absolute Gasteiger partial charge is 0.256 e. The third-order valence-electron chi connectivity index (χ3n) is 3.82. The van der Waals surface area contributed by atoms with Crippen LogP contribution in [0.5, 0.6) is 0 Å². The van der Waals surface area contributed by atoms with E-state index in [1.807, 2.05) is 6.07 Å². The first kappa shape index (κ1) is 15.4. The predicted molar refractivity (Wildman–Crippen MR) is 72.7 cm³/mol. The number of nitrogens with two attached hydrogens (primary N) is 1. The summed E-state index contributed by atoms with van der Waals surface area (Å²) in [5.41, 5.74) is 5.72. The van der Waals surface area contributed by atoms with Gasteiger partial charge in [-0.1, -0.05) is 6.92 Å². The summed E-state index contributed by atoms with van der Waals surface area (Å²) in [5, 5.41) is 18.1. The summed E-state index contributed by atoms with van der Waals surface area (Å²) in [5.74, 6) is -4.49. The summed E-state index contributed by atoms with van der Waals surface area (Å²) < 4.78 is 28.3. The van der Waals surface area contributed by atoms with E-state index in [9.17, 15) is 8.78 Å². The molecule has 0 unspecified atom stereocenters. The molecule has 1 aliphatic heterocycles. The number of nitriles is 1. The quantitative estimate of drug-likeness (QED) is 0.864. The monoisotopic (exact) mass is 297 g/mol. The fourth-order valence-corrected chi connectivity index (χ4v) is 2.64. The number of nitrogen functional groups attached to an aromatic ring is 1. The van der Waals surface area contributed by atoms with Crippen molar-refractivity contribution in [1.82, 2.24) is 9.97 Å². The molecule has 8 heteroatoms. The lowest BCUT2D eigenvalue weighted by molar-refractivity contribution is -0.116. The molecule has 6 nitrogen and oxygen atoms in total. The van der Waals surface area contributed by atoms with Gasteiger partial charge in [0.2, 0.25) is 5.95 Å². The Morgan fingerprint density at radius 2 is 2.29 bits per heavy atom. The Balaban J connectivity index is 2.34. The Hall–Kier alpha value is -2.01. The maximum absolute atomic E-state index is 14.1. The molecular formula is C13H17F2N5O. The average molecular weight is 297 g/mol. The van der Waals surface area contributed by atoms with Gasteiger partial charge in [-0.25, -0.2) is 13.8 Å². The molecule has 2 atom stereocenters. The van der Waals surface area contributed by atoms with Gasteiger partial charge in [0.15, 0.2) is 5.82 Å². The highest BCUT2D eigenvalue weighted by atomic mass is 19.3. The number of anilines is 2. The number of alkyl halides is 2. The number of aromatic nitrogens is 2. The normalized spacial score (nSPS) is 24.6. The molecule has 0 spiro atoms. The van der Waals surface area contributed by atoms with Gasteiger partial charge < -0.3 is 15.7 Å². The standard InChI is InChI=1S/C13H17F2N5O/c1-8-6-20(7-10(2-3-21)13(8,14)15)11-9(4-16)5-18-12(17)19-11/h5,8,10,21H,2-3,6-7H2,1H3,(H2,17,18,19)/t8-,10+/m0/s1. The van der Waals surface area contributed by atoms with Crippen LogP contribution in [0.4, 0.5) is 20.5 Å². The maximum atomic E-state index is 14.1. The summed E-state index contributed by atoms with van der Waals surface area (Å²) in [7, 11) is 0. The Morgan fingerprint density at radius 3 is 2.90 bits per heavy atom. The van der Waals surface area contributed by atoms with E-state index in [0.29, 0.717) is 0 Å². The number of halogens is 2. The maximum Gasteiger partial charge on any atom is 0.256 e. The molecule has 2 rings (SSSR count). The molecule has 1 aromatic rings. The fraction of sp³-hybridized carbons (Fsp3) is 0.615. The van der Waals surface area contributed by atoms with Crippen LogP contribution in [0, 0.1) is 23.2 Å². The van der Waals surface area contributed by atoms with E-state index in [1.165, 1.54) is 13.1 Å². The van der Waals surface area contributed by atoms with Crippen LogP contribution in [0.1, 0.15) is 18.9 Å². The SMILES string of the molecule is C[C@H]1CN(c2nc(N)ncc2C#N)C[C@@H](CCO)C1(F)F. The number of rotatable bonds is 3. The van der Waals surface area contributed by atoms with Crippen molar-refractivity contribution in [3.05, 3.63) is 11.8 Å². The van der Waals surface area contributed by atoms with Crippen molar-refractivity contribution in [3.8, 4) is 6.07 Å². The van der Waals surface area contributed by atoms with Crippen molar-refractivity contribution in [2.75, 3.05) is 30.3 Å². The van der Waals surface area contributed by atoms with Gasteiger partial charge in [-0.05, 0) is 6.42 Å². The number of aliphatic hydroxyl groups is 1. The van der Waals surface area contributed by atoms with Crippen molar-refractivity contribution in [3.63, 3.8) is 0 Å². The molecule has 1 saturated heterocycles. The van der Waals surface area contributed by atoms with Gasteiger partial charge in [-0.2, -0.15) is 10.2 Å². The summed E-state index contributed by atoms with van der Waals surface area (Å²) in [6, 6.07) is 1.94. The number of piperidine rings is 1. The Bertz CT molecular complexity index is 560. The van der Waals surface area contributed by atoms with Gasteiger partial charge in [0.1, 0.15) is 11.6 Å². The van der Waals surface area contributed by atoms with Crippen LogP contribution in [-0.4, -0.2) is 40.7 Å². The zero-order chi connectivity index (χ0) is 15.6. The third kappa shape index (κ3) is 2.88. The Labute approximate surface area is 121 Å². The lowest BCUT2D eigenvalue weighted by atomic mass is 9.84. The second kappa shape index (κ2) is 5.77. The molecule has 0 aliphatic carbocycles. The zero-order valence-corrected chi connectivity index (χ0v) is 11.6. The molecule has 0 saturated carbocycles. The van der Waals surface area contributed by atoms with Crippen LogP contribution >= 0.6 is 0 Å². The van der Waals surface area contributed by atoms with E-state index in [4.69, 9.17) is 16.1 Å². The van der Waals surface area contributed by atoms with E-state index in [0.717, 1.165) is 0 Å². The summed E-state index contributed by atoms with van der Waals surface area (Å²) in [4.78, 5) is 9.37. The third-order valence-corrected chi connectivity index (χ3v) is 3.82. The predicted octanol–water partition coefficient (Wildman–Crippen LogP) is 1.02. The van der Waals surface area contributed by atoms with Gasteiger partial charge in [-0.3, -0.25) is 0 Å². The lowest BCUT2D eigenvalue weighted by Gasteiger charge is -2.43. The molecule has 1 fully saturated rings. The molecule has 0 bridgehead atoms. The zero-order valence-electron chi connectivity index (χ0n) is 11.6. The lowest BCUT2D eigenvalue weighted by Crippen LogP contribution is -2.53. The van der Waals surface area contributed by atoms with Crippen LogP contribution < -0.4 is 10.6 Å². The molecule has 114 valence electrons. The second-order valence-electron chi connectivity index (χ2n) is 5.27. The van der Waals surface area contributed by atoms with Gasteiger partial charge in [0.25, 0.3) is 5.92 Å². The van der Waals surface area contributed by atoms with Gasteiger partial charge in [0.05, 0.1) is 6.20 Å². The minimum absolute atomic E-state index is 0.00368. The van der Waals surface area contributed by atoms with Gasteiger partial charge in [0, 0.05) is 31.5 Å². The van der Waals surface area contributed by atoms with Crippen molar-refractivity contribution in [1.29, 1.82) is 5.26 Å². The highest BCUT2D eigenvalue weighted by Gasteiger charge is 2.49. The molecule has 0 radical (unpaired) electrons. The van der Waals surface area contributed by atoms with Gasteiger partial charge in [-0.15, -0.1) is 0 Å². The van der Waals surface area contributed by atoms with Crippen molar-refractivity contribution in [2.45, 2.75) is 19.3 Å². The summed E-state index contributed by atoms with van der Waals surface area (Å²) >= 11 is 0. The molecule has 1 aromatic heterocycles. The van der Waals surface area contributed by atoms with E-state index in [-0.39, 0.29) is 43.4 Å². The number of aliphatic hydroxyl groups excluding tert-OH is 1. The molecule has 3 N–H and O–H groups in total. The Kier molecular flexibility index (Phi) is 4.23. The van der Waals surface area contributed by atoms with Crippen LogP contribution in [0.15, 0.2) is 6.20 Å². The minimum atomic E-state index is -2.86. The summed E-state index contributed by atoms with van der Waals surface area (Å²) in [6.45, 7) is 1.23. The van der Waals surface area contributed by atoms with Crippen LogP contribution in [-0.2, 0) is 0 Å². The average Bonchev–Trinajstić information content (AvgIpc) is 2.44. The van der Waals surface area contributed by atoms with E-state index in [1.54, 1.807) is 4.90 Å². The van der Waals surface area contributed by atoms with E-state index in [2.05, 4.69) is 9.97 Å².